The van der Waals surface area contributed by atoms with E-state index < -0.39 is 11.0 Å². The Morgan fingerprint density at radius 3 is 2.50 bits per heavy atom. The van der Waals surface area contributed by atoms with Crippen molar-refractivity contribution in [3.63, 3.8) is 0 Å². The van der Waals surface area contributed by atoms with Crippen LogP contribution in [-0.4, -0.2) is 28.0 Å². The molecule has 0 aliphatic heterocycles. The first-order chi connectivity index (χ1) is 15.4. The van der Waals surface area contributed by atoms with Crippen LogP contribution in [0, 0.1) is 21.4 Å². The lowest BCUT2D eigenvalue weighted by molar-refractivity contribution is -0.384. The summed E-state index contributed by atoms with van der Waals surface area (Å²) >= 11 is 1.18. The molecule has 0 aliphatic carbocycles. The van der Waals surface area contributed by atoms with Crippen LogP contribution in [0.2, 0.25) is 0 Å². The van der Waals surface area contributed by atoms with Crippen molar-refractivity contribution in [2.24, 2.45) is 0 Å². The van der Waals surface area contributed by atoms with Gasteiger partial charge in [0.2, 0.25) is 0 Å². The van der Waals surface area contributed by atoms with E-state index >= 15 is 0 Å². The zero-order valence-corrected chi connectivity index (χ0v) is 17.4. The second-order valence-corrected chi connectivity index (χ2v) is 7.47. The smallest absolute Gasteiger partial charge is 0.410 e. The number of ether oxygens (including phenoxy) is 1. The molecule has 0 aliphatic rings. The van der Waals surface area contributed by atoms with Gasteiger partial charge in [-0.05, 0) is 48.5 Å². The number of carbonyl (C=O) groups is 1. The molecule has 4 rings (SSSR count). The topological polar surface area (TPSA) is 134 Å². The van der Waals surface area contributed by atoms with Gasteiger partial charge >= 0.3 is 6.09 Å². The number of anilines is 3. The maximum Gasteiger partial charge on any atom is 0.418 e. The fourth-order valence-electron chi connectivity index (χ4n) is 2.80. The Balaban J connectivity index is 1.46. The number of rotatable bonds is 5. The number of hydrogen-bond donors (Lipinski definition) is 1. The normalized spacial score (nSPS) is 10.4. The maximum absolute atomic E-state index is 12.1. The average Bonchev–Trinajstić information content (AvgIpc) is 3.20. The Morgan fingerprint density at radius 1 is 1.12 bits per heavy atom. The van der Waals surface area contributed by atoms with Crippen molar-refractivity contribution in [1.82, 2.24) is 9.97 Å². The number of nitriles is 1. The minimum atomic E-state index is -0.771. The molecule has 0 radical (unpaired) electrons. The van der Waals surface area contributed by atoms with E-state index in [1.165, 1.54) is 35.6 Å². The molecule has 0 bridgehead atoms. The Morgan fingerprint density at radius 2 is 1.84 bits per heavy atom. The number of hydrogen-bond acceptors (Lipinski definition) is 9. The highest BCUT2D eigenvalue weighted by atomic mass is 32.1. The number of nitro benzene ring substituents is 1. The molecule has 0 atom stereocenters. The average molecular weight is 446 g/mol. The van der Waals surface area contributed by atoms with Crippen molar-refractivity contribution in [3.05, 3.63) is 76.3 Å². The van der Waals surface area contributed by atoms with Crippen LogP contribution >= 0.6 is 11.3 Å². The lowest BCUT2D eigenvalue weighted by Gasteiger charge is -2.18. The zero-order valence-electron chi connectivity index (χ0n) is 16.6. The molecule has 0 saturated heterocycles. The number of carbonyl (C=O) groups excluding carboxylic acids is 1. The largest absolute Gasteiger partial charge is 0.418 e. The van der Waals surface area contributed by atoms with Crippen molar-refractivity contribution in [2.45, 2.75) is 0 Å². The molecule has 2 heterocycles. The molecular weight excluding hydrogens is 432 g/mol. The SMILES string of the molecule is CN(c1ccc(C#N)cc1)c1ccc2nc(NC(=O)Oc3ccc([N+](=O)[O-])cc3)sc2n1. The molecule has 0 fully saturated rings. The summed E-state index contributed by atoms with van der Waals surface area (Å²) in [5, 5.41) is 22.5. The van der Waals surface area contributed by atoms with E-state index in [0.717, 1.165) is 5.69 Å². The standard InChI is InChI=1S/C21H14N6O4S/c1-26(14-4-2-13(12-22)3-5-14)18-11-10-17-19(24-18)32-20(23-17)25-21(28)31-16-8-6-15(7-9-16)27(29)30/h2-11H,1H3,(H,23,25,28). The van der Waals surface area contributed by atoms with E-state index in [9.17, 15) is 14.9 Å². The second-order valence-electron chi connectivity index (χ2n) is 6.50. The number of aromatic nitrogens is 2. The van der Waals surface area contributed by atoms with Gasteiger partial charge in [-0.15, -0.1) is 0 Å². The van der Waals surface area contributed by atoms with Crippen LogP contribution in [0.25, 0.3) is 10.3 Å². The highest BCUT2D eigenvalue weighted by molar-refractivity contribution is 7.21. The lowest BCUT2D eigenvalue weighted by Crippen LogP contribution is -2.16. The van der Waals surface area contributed by atoms with Crippen molar-refractivity contribution in [2.75, 3.05) is 17.3 Å². The molecule has 158 valence electrons. The summed E-state index contributed by atoms with van der Waals surface area (Å²) in [4.78, 5) is 33.7. The van der Waals surface area contributed by atoms with E-state index in [-0.39, 0.29) is 11.4 Å². The first-order valence-electron chi connectivity index (χ1n) is 9.18. The first kappa shape index (κ1) is 20.7. The summed E-state index contributed by atoms with van der Waals surface area (Å²) in [5.74, 6) is 0.838. The summed E-state index contributed by atoms with van der Waals surface area (Å²) in [6.45, 7) is 0. The highest BCUT2D eigenvalue weighted by Gasteiger charge is 2.13. The van der Waals surface area contributed by atoms with Gasteiger partial charge in [-0.1, -0.05) is 11.3 Å². The van der Waals surface area contributed by atoms with E-state index in [0.29, 0.717) is 26.9 Å². The fourth-order valence-corrected chi connectivity index (χ4v) is 3.61. The third-order valence-electron chi connectivity index (χ3n) is 4.44. The van der Waals surface area contributed by atoms with Gasteiger partial charge in [-0.25, -0.2) is 14.8 Å². The Kier molecular flexibility index (Phi) is 5.61. The molecule has 2 aromatic carbocycles. The van der Waals surface area contributed by atoms with Crippen LogP contribution in [-0.2, 0) is 0 Å². The van der Waals surface area contributed by atoms with Crippen LogP contribution in [0.3, 0.4) is 0 Å². The minimum Gasteiger partial charge on any atom is -0.410 e. The van der Waals surface area contributed by atoms with Gasteiger partial charge in [0, 0.05) is 24.9 Å². The monoisotopic (exact) mass is 446 g/mol. The van der Waals surface area contributed by atoms with Gasteiger partial charge in [-0.2, -0.15) is 5.26 Å². The van der Waals surface area contributed by atoms with E-state index in [1.54, 1.807) is 24.3 Å². The molecule has 11 heteroatoms. The van der Waals surface area contributed by atoms with Gasteiger partial charge in [-0.3, -0.25) is 15.4 Å². The molecule has 1 N–H and O–H groups in total. The van der Waals surface area contributed by atoms with E-state index in [2.05, 4.69) is 21.4 Å². The quantitative estimate of drug-likeness (QED) is 0.340. The van der Waals surface area contributed by atoms with Gasteiger partial charge < -0.3 is 9.64 Å². The summed E-state index contributed by atoms with van der Waals surface area (Å²) in [5.41, 5.74) is 1.95. The number of nitrogens with zero attached hydrogens (tertiary/aromatic N) is 5. The Bertz CT molecular complexity index is 1350. The number of nitro groups is 1. The summed E-state index contributed by atoms with van der Waals surface area (Å²) in [6, 6.07) is 18.0. The molecule has 0 saturated carbocycles. The highest BCUT2D eigenvalue weighted by Crippen LogP contribution is 2.29. The number of benzene rings is 2. The third kappa shape index (κ3) is 4.45. The first-order valence-corrected chi connectivity index (χ1v) is 9.99. The van der Waals surface area contributed by atoms with Gasteiger partial charge in [0.1, 0.15) is 21.9 Å². The molecule has 2 aromatic heterocycles. The number of pyridine rings is 1. The predicted molar refractivity (Wildman–Crippen MR) is 119 cm³/mol. The second kappa shape index (κ2) is 8.66. The van der Waals surface area contributed by atoms with Crippen LogP contribution < -0.4 is 15.0 Å². The fraction of sp³-hybridized carbons (Fsp3) is 0.0476. The molecule has 10 nitrogen and oxygen atoms in total. The van der Waals surface area contributed by atoms with Crippen molar-refractivity contribution < 1.29 is 14.5 Å². The van der Waals surface area contributed by atoms with Gasteiger partial charge in [0.05, 0.1) is 16.6 Å². The summed E-state index contributed by atoms with van der Waals surface area (Å²) in [7, 11) is 1.86. The van der Waals surface area contributed by atoms with Crippen LogP contribution in [0.4, 0.5) is 27.1 Å². The van der Waals surface area contributed by atoms with Crippen LogP contribution in [0.5, 0.6) is 5.75 Å². The minimum absolute atomic E-state index is 0.100. The molecule has 0 unspecified atom stereocenters. The summed E-state index contributed by atoms with van der Waals surface area (Å²) < 4.78 is 5.13. The molecule has 32 heavy (non-hydrogen) atoms. The van der Waals surface area contributed by atoms with Crippen LogP contribution in [0.15, 0.2) is 60.7 Å². The number of thiazole rings is 1. The number of non-ortho nitro benzene ring substituents is 1. The number of amides is 1. The molecule has 4 aromatic rings. The van der Waals surface area contributed by atoms with Gasteiger partial charge in [0.25, 0.3) is 5.69 Å². The van der Waals surface area contributed by atoms with Crippen molar-refractivity contribution in [3.8, 4) is 11.8 Å². The van der Waals surface area contributed by atoms with Crippen molar-refractivity contribution in [1.29, 1.82) is 5.26 Å². The van der Waals surface area contributed by atoms with Gasteiger partial charge in [0.15, 0.2) is 5.13 Å². The van der Waals surface area contributed by atoms with E-state index in [4.69, 9.17) is 10.00 Å². The number of fused-ring (bicyclic) bond motifs is 1. The van der Waals surface area contributed by atoms with Crippen molar-refractivity contribution >= 4 is 50.1 Å². The molecular formula is C21H14N6O4S. The third-order valence-corrected chi connectivity index (χ3v) is 5.32. The number of nitrogens with one attached hydrogen (secondary N) is 1. The molecule has 0 spiro atoms. The molecule has 1 amide bonds. The Labute approximate surface area is 185 Å². The predicted octanol–water partition coefficient (Wildman–Crippen LogP) is 4.85. The zero-order chi connectivity index (χ0) is 22.7. The maximum atomic E-state index is 12.1. The summed E-state index contributed by atoms with van der Waals surface area (Å²) in [6.07, 6.45) is -0.771. The van der Waals surface area contributed by atoms with E-state index in [1.807, 2.05) is 24.1 Å². The Hall–Kier alpha value is -4.56. The lowest BCUT2D eigenvalue weighted by atomic mass is 10.2. The van der Waals surface area contributed by atoms with Crippen LogP contribution in [0.1, 0.15) is 5.56 Å².